The molecular formula is C9H17NO3. The highest BCUT2D eigenvalue weighted by molar-refractivity contribution is 5.84. The summed E-state index contributed by atoms with van der Waals surface area (Å²) in [6.07, 6.45) is 4.53. The Balaban J connectivity index is 2.10. The zero-order valence-corrected chi connectivity index (χ0v) is 7.78. The van der Waals surface area contributed by atoms with Gasteiger partial charge in [0.15, 0.2) is 0 Å². The molecule has 0 bridgehead atoms. The van der Waals surface area contributed by atoms with E-state index in [1.54, 1.807) is 0 Å². The number of aliphatic hydroxyl groups excluding tert-OH is 1. The third-order valence-electron chi connectivity index (χ3n) is 2.31. The highest BCUT2D eigenvalue weighted by Crippen LogP contribution is 2.18. The molecule has 0 spiro atoms. The number of hydrogen-bond donors (Lipinski definition) is 2. The number of ether oxygens (including phenoxy) is 1. The summed E-state index contributed by atoms with van der Waals surface area (Å²) in [5, 5.41) is 20.2. The van der Waals surface area contributed by atoms with Crippen molar-refractivity contribution in [2.75, 3.05) is 13.2 Å². The van der Waals surface area contributed by atoms with Crippen molar-refractivity contribution < 1.29 is 15.1 Å². The summed E-state index contributed by atoms with van der Waals surface area (Å²) >= 11 is 0. The fourth-order valence-corrected chi connectivity index (χ4v) is 1.51. The molecule has 0 amide bonds. The standard InChI is InChI=1S/C9H17NO3/c11-6-1-7-13-9-4-2-8(10-12)3-5-9/h9,11-12H,1-7H2. The van der Waals surface area contributed by atoms with Gasteiger partial charge in [-0.1, -0.05) is 5.16 Å². The molecule has 1 rings (SSSR count). The van der Waals surface area contributed by atoms with E-state index in [0.717, 1.165) is 31.4 Å². The lowest BCUT2D eigenvalue weighted by Crippen LogP contribution is -2.22. The Morgan fingerprint density at radius 3 is 2.62 bits per heavy atom. The third-order valence-corrected chi connectivity index (χ3v) is 2.31. The highest BCUT2D eigenvalue weighted by atomic mass is 16.5. The van der Waals surface area contributed by atoms with Crippen molar-refractivity contribution in [3.05, 3.63) is 0 Å². The summed E-state index contributed by atoms with van der Waals surface area (Å²) in [5.74, 6) is 0. The molecule has 0 saturated heterocycles. The summed E-state index contributed by atoms with van der Waals surface area (Å²) in [7, 11) is 0. The van der Waals surface area contributed by atoms with Crippen LogP contribution >= 0.6 is 0 Å². The van der Waals surface area contributed by atoms with E-state index >= 15 is 0 Å². The van der Waals surface area contributed by atoms with E-state index in [0.29, 0.717) is 13.0 Å². The molecule has 13 heavy (non-hydrogen) atoms. The van der Waals surface area contributed by atoms with Crippen molar-refractivity contribution in [3.63, 3.8) is 0 Å². The van der Waals surface area contributed by atoms with Gasteiger partial charge in [-0.3, -0.25) is 0 Å². The summed E-state index contributed by atoms with van der Waals surface area (Å²) in [5.41, 5.74) is 0.877. The van der Waals surface area contributed by atoms with E-state index in [1.165, 1.54) is 0 Å². The van der Waals surface area contributed by atoms with Crippen LogP contribution in [0.15, 0.2) is 5.16 Å². The first-order valence-electron chi connectivity index (χ1n) is 4.79. The highest BCUT2D eigenvalue weighted by Gasteiger charge is 2.17. The lowest BCUT2D eigenvalue weighted by atomic mass is 9.96. The van der Waals surface area contributed by atoms with Gasteiger partial charge in [0, 0.05) is 13.2 Å². The van der Waals surface area contributed by atoms with Crippen molar-refractivity contribution in [2.24, 2.45) is 5.16 Å². The molecule has 1 aliphatic carbocycles. The van der Waals surface area contributed by atoms with Gasteiger partial charge in [0.05, 0.1) is 11.8 Å². The monoisotopic (exact) mass is 187 g/mol. The minimum absolute atomic E-state index is 0.191. The Kier molecular flexibility index (Phi) is 4.78. The fourth-order valence-electron chi connectivity index (χ4n) is 1.51. The number of oxime groups is 1. The number of aliphatic hydroxyl groups is 1. The van der Waals surface area contributed by atoms with Crippen LogP contribution in [0.5, 0.6) is 0 Å². The van der Waals surface area contributed by atoms with Crippen LogP contribution in [0.3, 0.4) is 0 Å². The van der Waals surface area contributed by atoms with Crippen LogP contribution in [-0.2, 0) is 4.74 Å². The predicted octanol–water partition coefficient (Wildman–Crippen LogP) is 1.16. The molecule has 0 aromatic rings. The number of rotatable bonds is 4. The zero-order chi connectivity index (χ0) is 9.52. The van der Waals surface area contributed by atoms with Crippen molar-refractivity contribution in [2.45, 2.75) is 38.2 Å². The Hall–Kier alpha value is -0.610. The molecule has 1 aliphatic rings. The van der Waals surface area contributed by atoms with Gasteiger partial charge in [0.25, 0.3) is 0 Å². The van der Waals surface area contributed by atoms with Crippen LogP contribution < -0.4 is 0 Å². The minimum atomic E-state index is 0.191. The van der Waals surface area contributed by atoms with Crippen LogP contribution in [0.4, 0.5) is 0 Å². The second-order valence-corrected chi connectivity index (χ2v) is 3.31. The number of hydrogen-bond acceptors (Lipinski definition) is 4. The molecule has 0 unspecified atom stereocenters. The van der Waals surface area contributed by atoms with Gasteiger partial charge in [0.1, 0.15) is 0 Å². The van der Waals surface area contributed by atoms with Gasteiger partial charge < -0.3 is 15.1 Å². The normalized spacial score (nSPS) is 23.2. The number of nitrogens with zero attached hydrogens (tertiary/aromatic N) is 1. The van der Waals surface area contributed by atoms with Crippen molar-refractivity contribution in [3.8, 4) is 0 Å². The van der Waals surface area contributed by atoms with Crippen LogP contribution in [0.2, 0.25) is 0 Å². The fraction of sp³-hybridized carbons (Fsp3) is 0.889. The van der Waals surface area contributed by atoms with Gasteiger partial charge in [0.2, 0.25) is 0 Å². The van der Waals surface area contributed by atoms with E-state index < -0.39 is 0 Å². The van der Waals surface area contributed by atoms with Crippen LogP contribution in [0.1, 0.15) is 32.1 Å². The van der Waals surface area contributed by atoms with Crippen LogP contribution in [0, 0.1) is 0 Å². The molecule has 0 atom stereocenters. The Morgan fingerprint density at radius 2 is 2.08 bits per heavy atom. The van der Waals surface area contributed by atoms with E-state index in [4.69, 9.17) is 15.1 Å². The lowest BCUT2D eigenvalue weighted by Gasteiger charge is -2.22. The SMILES string of the molecule is OCCCOC1CCC(=NO)CC1. The zero-order valence-electron chi connectivity index (χ0n) is 7.78. The molecule has 0 heterocycles. The lowest BCUT2D eigenvalue weighted by molar-refractivity contribution is 0.0319. The minimum Gasteiger partial charge on any atom is -0.411 e. The molecule has 4 nitrogen and oxygen atoms in total. The first kappa shape index (κ1) is 10.5. The summed E-state index contributed by atoms with van der Waals surface area (Å²) in [6, 6.07) is 0. The molecule has 2 N–H and O–H groups in total. The molecule has 1 fully saturated rings. The summed E-state index contributed by atoms with van der Waals surface area (Å²) < 4.78 is 5.52. The molecule has 1 saturated carbocycles. The maximum atomic E-state index is 8.54. The van der Waals surface area contributed by atoms with E-state index in [2.05, 4.69) is 5.16 Å². The molecule has 76 valence electrons. The molecule has 0 aliphatic heterocycles. The van der Waals surface area contributed by atoms with Crippen LogP contribution in [0.25, 0.3) is 0 Å². The average molecular weight is 187 g/mol. The van der Waals surface area contributed by atoms with Gasteiger partial charge in [-0.15, -0.1) is 0 Å². The van der Waals surface area contributed by atoms with Gasteiger partial charge in [-0.2, -0.15) is 0 Å². The largest absolute Gasteiger partial charge is 0.411 e. The second kappa shape index (κ2) is 5.94. The summed E-state index contributed by atoms with van der Waals surface area (Å²) in [6.45, 7) is 0.822. The van der Waals surface area contributed by atoms with E-state index in [1.807, 2.05) is 0 Å². The molecule has 0 aromatic heterocycles. The van der Waals surface area contributed by atoms with E-state index in [-0.39, 0.29) is 12.7 Å². The van der Waals surface area contributed by atoms with Crippen LogP contribution in [-0.4, -0.2) is 35.3 Å². The molecule has 0 radical (unpaired) electrons. The van der Waals surface area contributed by atoms with Crippen molar-refractivity contribution >= 4 is 5.71 Å². The van der Waals surface area contributed by atoms with E-state index in [9.17, 15) is 0 Å². The van der Waals surface area contributed by atoms with Crippen molar-refractivity contribution in [1.82, 2.24) is 0 Å². The third kappa shape index (κ3) is 3.74. The van der Waals surface area contributed by atoms with Gasteiger partial charge in [-0.05, 0) is 32.1 Å². The second-order valence-electron chi connectivity index (χ2n) is 3.31. The molecule has 4 heteroatoms. The first-order chi connectivity index (χ1) is 6.36. The maximum absolute atomic E-state index is 8.54. The molecular weight excluding hydrogens is 170 g/mol. The molecule has 0 aromatic carbocycles. The quantitative estimate of drug-likeness (QED) is 0.394. The smallest absolute Gasteiger partial charge is 0.0582 e. The Morgan fingerprint density at radius 1 is 1.38 bits per heavy atom. The average Bonchev–Trinajstić information content (AvgIpc) is 2.19. The Labute approximate surface area is 78.2 Å². The Bertz CT molecular complexity index is 160. The maximum Gasteiger partial charge on any atom is 0.0582 e. The predicted molar refractivity (Wildman–Crippen MR) is 49.1 cm³/mol. The summed E-state index contributed by atoms with van der Waals surface area (Å²) in [4.78, 5) is 0. The van der Waals surface area contributed by atoms with Gasteiger partial charge in [-0.25, -0.2) is 0 Å². The topological polar surface area (TPSA) is 62.0 Å². The van der Waals surface area contributed by atoms with Gasteiger partial charge >= 0.3 is 0 Å². The first-order valence-corrected chi connectivity index (χ1v) is 4.79. The van der Waals surface area contributed by atoms with Crippen molar-refractivity contribution in [1.29, 1.82) is 0 Å².